The predicted molar refractivity (Wildman–Crippen MR) is 77.9 cm³/mol. The average Bonchev–Trinajstić information content (AvgIpc) is 2.82. The average molecular weight is 284 g/mol. The highest BCUT2D eigenvalue weighted by Crippen LogP contribution is 2.21. The van der Waals surface area contributed by atoms with Crippen molar-refractivity contribution in [2.75, 3.05) is 26.2 Å². The van der Waals surface area contributed by atoms with Gasteiger partial charge in [0.15, 0.2) is 0 Å². The van der Waals surface area contributed by atoms with Crippen molar-refractivity contribution in [3.8, 4) is 5.75 Å². The van der Waals surface area contributed by atoms with Gasteiger partial charge in [-0.3, -0.25) is 4.90 Å². The van der Waals surface area contributed by atoms with E-state index >= 15 is 0 Å². The lowest BCUT2D eigenvalue weighted by molar-refractivity contribution is 0.198. The Morgan fingerprint density at radius 3 is 3.00 bits per heavy atom. The van der Waals surface area contributed by atoms with Crippen LogP contribution in [0.4, 0.5) is 0 Å². The van der Waals surface area contributed by atoms with Gasteiger partial charge >= 0.3 is 0 Å². The quantitative estimate of drug-likeness (QED) is 0.781. The molecule has 3 nitrogen and oxygen atoms in total. The Labute approximate surface area is 120 Å². The molecule has 0 spiro atoms. The number of halogens is 1. The lowest BCUT2D eigenvalue weighted by atomic mass is 10.2. The van der Waals surface area contributed by atoms with Gasteiger partial charge < -0.3 is 9.84 Å². The van der Waals surface area contributed by atoms with Crippen LogP contribution in [0, 0.1) is 0 Å². The Morgan fingerprint density at radius 1 is 1.32 bits per heavy atom. The van der Waals surface area contributed by atoms with E-state index in [1.807, 2.05) is 24.3 Å². The summed E-state index contributed by atoms with van der Waals surface area (Å²) < 4.78 is 5.95. The second-order valence-electron chi connectivity index (χ2n) is 5.07. The molecule has 0 aromatic heterocycles. The lowest BCUT2D eigenvalue weighted by Gasteiger charge is -2.16. The molecule has 1 unspecified atom stereocenters. The van der Waals surface area contributed by atoms with Gasteiger partial charge in [-0.2, -0.15) is 0 Å². The number of aliphatic hydroxyl groups excluding tert-OH is 1. The fourth-order valence-corrected chi connectivity index (χ4v) is 2.63. The van der Waals surface area contributed by atoms with Crippen molar-refractivity contribution in [1.29, 1.82) is 0 Å². The van der Waals surface area contributed by atoms with Crippen molar-refractivity contribution in [3.05, 3.63) is 29.3 Å². The first kappa shape index (κ1) is 14.6. The van der Waals surface area contributed by atoms with Gasteiger partial charge in [0.25, 0.3) is 0 Å². The zero-order valence-electron chi connectivity index (χ0n) is 11.2. The topological polar surface area (TPSA) is 32.7 Å². The van der Waals surface area contributed by atoms with Crippen LogP contribution < -0.4 is 4.74 Å². The first-order chi connectivity index (χ1) is 9.28. The number of benzene rings is 1. The van der Waals surface area contributed by atoms with Crippen LogP contribution >= 0.6 is 11.6 Å². The number of hydrogen-bond acceptors (Lipinski definition) is 3. The van der Waals surface area contributed by atoms with Gasteiger partial charge in [-0.1, -0.05) is 17.7 Å². The third-order valence-electron chi connectivity index (χ3n) is 3.46. The van der Waals surface area contributed by atoms with Crippen LogP contribution in [0.15, 0.2) is 24.3 Å². The van der Waals surface area contributed by atoms with E-state index in [0.717, 1.165) is 56.1 Å². The SMILES string of the molecule is OCCCCCN1CCC(Oc2cccc(Cl)c2)C1. The molecule has 0 bridgehead atoms. The largest absolute Gasteiger partial charge is 0.489 e. The van der Waals surface area contributed by atoms with Crippen LogP contribution in [0.5, 0.6) is 5.75 Å². The van der Waals surface area contributed by atoms with Gasteiger partial charge in [0.05, 0.1) is 0 Å². The third kappa shape index (κ3) is 5.01. The van der Waals surface area contributed by atoms with E-state index in [2.05, 4.69) is 4.90 Å². The van der Waals surface area contributed by atoms with E-state index in [-0.39, 0.29) is 6.10 Å². The Kier molecular flexibility index (Phi) is 5.95. The van der Waals surface area contributed by atoms with E-state index in [0.29, 0.717) is 6.61 Å². The standard InChI is InChI=1S/C15H22ClNO2/c16-13-5-4-6-14(11-13)19-15-7-9-17(12-15)8-2-1-3-10-18/h4-6,11,15,18H,1-3,7-10,12H2. The molecule has 1 fully saturated rings. The van der Waals surface area contributed by atoms with Crippen LogP contribution in [0.25, 0.3) is 0 Å². The smallest absolute Gasteiger partial charge is 0.121 e. The summed E-state index contributed by atoms with van der Waals surface area (Å²) in [5.41, 5.74) is 0. The highest BCUT2D eigenvalue weighted by atomic mass is 35.5. The maximum Gasteiger partial charge on any atom is 0.121 e. The van der Waals surface area contributed by atoms with E-state index in [1.165, 1.54) is 0 Å². The molecule has 1 aliphatic heterocycles. The summed E-state index contributed by atoms with van der Waals surface area (Å²) in [5.74, 6) is 0.861. The van der Waals surface area contributed by atoms with Gasteiger partial charge in [-0.15, -0.1) is 0 Å². The van der Waals surface area contributed by atoms with Crippen molar-refractivity contribution >= 4 is 11.6 Å². The highest BCUT2D eigenvalue weighted by molar-refractivity contribution is 6.30. The molecule has 4 heteroatoms. The number of aliphatic hydroxyl groups is 1. The fraction of sp³-hybridized carbons (Fsp3) is 0.600. The summed E-state index contributed by atoms with van der Waals surface area (Å²) in [6, 6.07) is 7.59. The first-order valence-electron chi connectivity index (χ1n) is 7.03. The van der Waals surface area contributed by atoms with Crippen molar-refractivity contribution in [3.63, 3.8) is 0 Å². The molecule has 0 amide bonds. The van der Waals surface area contributed by atoms with Gasteiger partial charge in [-0.25, -0.2) is 0 Å². The lowest BCUT2D eigenvalue weighted by Crippen LogP contribution is -2.25. The molecule has 1 saturated heterocycles. The molecule has 1 heterocycles. The number of unbranched alkanes of at least 4 members (excludes halogenated alkanes) is 2. The van der Waals surface area contributed by atoms with Crippen LogP contribution in [-0.2, 0) is 0 Å². The minimum absolute atomic E-state index is 0.274. The summed E-state index contributed by atoms with van der Waals surface area (Å²) in [6.45, 7) is 3.51. The maximum atomic E-state index is 8.74. The van der Waals surface area contributed by atoms with E-state index < -0.39 is 0 Å². The summed E-state index contributed by atoms with van der Waals surface area (Å²) in [6.07, 6.45) is 4.52. The van der Waals surface area contributed by atoms with Gasteiger partial charge in [0.1, 0.15) is 11.9 Å². The molecular weight excluding hydrogens is 262 g/mol. The summed E-state index contributed by atoms with van der Waals surface area (Å²) in [5, 5.41) is 9.46. The molecule has 1 aromatic carbocycles. The predicted octanol–water partition coefficient (Wildman–Crippen LogP) is 2.96. The third-order valence-corrected chi connectivity index (χ3v) is 3.70. The number of nitrogens with zero attached hydrogens (tertiary/aromatic N) is 1. The normalized spacial score (nSPS) is 19.8. The Morgan fingerprint density at radius 2 is 2.21 bits per heavy atom. The summed E-state index contributed by atoms with van der Waals surface area (Å²) in [7, 11) is 0. The van der Waals surface area contributed by atoms with Crippen LogP contribution in [0.2, 0.25) is 5.02 Å². The molecule has 0 radical (unpaired) electrons. The van der Waals surface area contributed by atoms with Crippen molar-refractivity contribution < 1.29 is 9.84 Å². The van der Waals surface area contributed by atoms with Crippen LogP contribution in [-0.4, -0.2) is 42.4 Å². The van der Waals surface area contributed by atoms with Gasteiger partial charge in [-0.05, 0) is 50.4 Å². The zero-order valence-corrected chi connectivity index (χ0v) is 12.0. The van der Waals surface area contributed by atoms with E-state index in [9.17, 15) is 0 Å². The van der Waals surface area contributed by atoms with Crippen molar-refractivity contribution in [2.45, 2.75) is 31.8 Å². The maximum absolute atomic E-state index is 8.74. The van der Waals surface area contributed by atoms with Gasteiger partial charge in [0.2, 0.25) is 0 Å². The van der Waals surface area contributed by atoms with Crippen molar-refractivity contribution in [2.24, 2.45) is 0 Å². The monoisotopic (exact) mass is 283 g/mol. The molecular formula is C15H22ClNO2. The zero-order chi connectivity index (χ0) is 13.5. The molecule has 19 heavy (non-hydrogen) atoms. The number of ether oxygens (including phenoxy) is 1. The van der Waals surface area contributed by atoms with Gasteiger partial charge in [0, 0.05) is 24.7 Å². The summed E-state index contributed by atoms with van der Waals surface area (Å²) in [4.78, 5) is 2.44. The molecule has 1 aliphatic rings. The summed E-state index contributed by atoms with van der Waals surface area (Å²) >= 11 is 5.95. The molecule has 1 atom stereocenters. The highest BCUT2D eigenvalue weighted by Gasteiger charge is 2.23. The molecule has 106 valence electrons. The van der Waals surface area contributed by atoms with Crippen LogP contribution in [0.3, 0.4) is 0 Å². The minimum Gasteiger partial charge on any atom is -0.489 e. The Balaban J connectivity index is 1.70. The fourth-order valence-electron chi connectivity index (χ4n) is 2.45. The second kappa shape index (κ2) is 7.73. The van der Waals surface area contributed by atoms with Crippen LogP contribution in [0.1, 0.15) is 25.7 Å². The minimum atomic E-state index is 0.274. The number of likely N-dealkylation sites (tertiary alicyclic amines) is 1. The molecule has 0 aliphatic carbocycles. The van der Waals surface area contributed by atoms with E-state index in [4.69, 9.17) is 21.4 Å². The first-order valence-corrected chi connectivity index (χ1v) is 7.41. The second-order valence-corrected chi connectivity index (χ2v) is 5.51. The number of hydrogen-bond donors (Lipinski definition) is 1. The Bertz CT molecular complexity index is 386. The molecule has 2 rings (SSSR count). The molecule has 1 N–H and O–H groups in total. The van der Waals surface area contributed by atoms with Crippen molar-refractivity contribution in [1.82, 2.24) is 4.90 Å². The van der Waals surface area contributed by atoms with E-state index in [1.54, 1.807) is 0 Å². The molecule has 0 saturated carbocycles. The Hall–Kier alpha value is -0.770. The number of rotatable bonds is 7. The molecule has 1 aromatic rings.